The van der Waals surface area contributed by atoms with Gasteiger partial charge in [0.05, 0.1) is 35.4 Å². The molecule has 4 N–H and O–H groups in total. The maximum absolute atomic E-state index is 14.2. The summed E-state index contributed by atoms with van der Waals surface area (Å²) in [5.41, 5.74) is 1.97. The van der Waals surface area contributed by atoms with Gasteiger partial charge < -0.3 is 20.4 Å². The first-order valence-electron chi connectivity index (χ1n) is 15.3. The van der Waals surface area contributed by atoms with Crippen LogP contribution in [0.4, 0.5) is 8.78 Å². The number of thiophene rings is 7. The van der Waals surface area contributed by atoms with Crippen LogP contribution in [0, 0.1) is 10.3 Å². The number of carbonyl (C=O) groups is 4. The zero-order valence-corrected chi connectivity index (χ0v) is 32.4. The van der Waals surface area contributed by atoms with Crippen LogP contribution in [0.15, 0.2) is 60.7 Å². The van der Waals surface area contributed by atoms with E-state index in [1.807, 2.05) is 36.4 Å². The van der Waals surface area contributed by atoms with Gasteiger partial charge in [-0.15, -0.1) is 79.4 Å². The molecular formula is C36H22F2O8S7. The first-order chi connectivity index (χ1) is 25.3. The molecule has 0 bridgehead atoms. The van der Waals surface area contributed by atoms with E-state index >= 15 is 0 Å². The second-order valence-corrected chi connectivity index (χ2v) is 18.9. The molecule has 0 aromatic carbocycles. The summed E-state index contributed by atoms with van der Waals surface area (Å²) in [6.45, 7) is 0. The van der Waals surface area contributed by atoms with Crippen molar-refractivity contribution in [1.82, 2.24) is 0 Å². The summed E-state index contributed by atoms with van der Waals surface area (Å²) < 4.78 is 28.3. The van der Waals surface area contributed by atoms with Crippen molar-refractivity contribution >= 4 is 103 Å². The van der Waals surface area contributed by atoms with Crippen molar-refractivity contribution in [2.75, 3.05) is 0 Å². The van der Waals surface area contributed by atoms with E-state index in [9.17, 15) is 48.4 Å². The SMILES string of the molecule is O=C(O)Cc1cc(F)sc1-c1ccc(-c2sc(-c3ccc(-c4cc(CC(=O)O)c(-c5ccc(-c6sc(F)cc6CC(=O)O)s5)s4)s3)cc2CC(=O)O)s1. The van der Waals surface area contributed by atoms with Gasteiger partial charge in [0, 0.05) is 48.8 Å². The lowest BCUT2D eigenvalue weighted by atomic mass is 10.1. The fraction of sp³-hybridized carbons (Fsp3) is 0.111. The molecule has 0 aliphatic rings. The van der Waals surface area contributed by atoms with Crippen LogP contribution in [0.1, 0.15) is 22.3 Å². The number of rotatable bonds is 14. The van der Waals surface area contributed by atoms with E-state index in [-0.39, 0.29) is 25.7 Å². The zero-order valence-electron chi connectivity index (χ0n) is 26.6. The van der Waals surface area contributed by atoms with Gasteiger partial charge in [0.15, 0.2) is 10.3 Å². The molecular weight excluding hydrogens is 823 g/mol. The summed E-state index contributed by atoms with van der Waals surface area (Å²) in [6, 6.07) is 17.3. The largest absolute Gasteiger partial charge is 0.481 e. The van der Waals surface area contributed by atoms with Crippen molar-refractivity contribution in [3.63, 3.8) is 0 Å². The molecule has 0 saturated heterocycles. The second kappa shape index (κ2) is 15.2. The topological polar surface area (TPSA) is 149 Å². The number of aliphatic carboxylic acids is 4. The van der Waals surface area contributed by atoms with Crippen LogP contribution in [0.3, 0.4) is 0 Å². The molecule has 0 unspecified atom stereocenters. The van der Waals surface area contributed by atoms with Crippen molar-refractivity contribution < 1.29 is 48.4 Å². The maximum Gasteiger partial charge on any atom is 0.307 e. The number of hydrogen-bond acceptors (Lipinski definition) is 11. The molecule has 17 heteroatoms. The average Bonchev–Trinajstić information content (AvgIpc) is 3.91. The minimum absolute atomic E-state index is 0.221. The predicted molar refractivity (Wildman–Crippen MR) is 209 cm³/mol. The Hall–Kier alpha value is -4.36. The minimum atomic E-state index is -1.07. The van der Waals surface area contributed by atoms with Gasteiger partial charge in [-0.1, -0.05) is 0 Å². The summed E-state index contributed by atoms with van der Waals surface area (Å²) in [4.78, 5) is 55.4. The standard InChI is InChI=1S/C36H22F2O8S7/c37-27-9-17(13-31(43)44)35(52-27)23-5-3-21(48-23)33-15(11-29(39)40)7-25(50-33)19-1-2-20(47-19)26-8-16(12-30(41)42)34(51-26)22-4-6-24(49-22)36-18(14-32(45)46)10-28(38)53-36/h1-10H,11-14H2,(H,39,40)(H,41,42)(H,43,44)(H,45,46). The number of carboxylic acids is 4. The summed E-state index contributed by atoms with van der Waals surface area (Å²) in [5.74, 6) is -4.14. The van der Waals surface area contributed by atoms with Crippen molar-refractivity contribution in [2.24, 2.45) is 0 Å². The Morgan fingerprint density at radius 1 is 0.377 bits per heavy atom. The monoisotopic (exact) mass is 844 g/mol. The molecule has 0 radical (unpaired) electrons. The Morgan fingerprint density at radius 3 is 0.962 bits per heavy atom. The third-order valence-corrected chi connectivity index (χ3v) is 16.4. The molecule has 7 heterocycles. The summed E-state index contributed by atoms with van der Waals surface area (Å²) in [5, 5.41) is 37.0. The van der Waals surface area contributed by atoms with Crippen LogP contribution in [0.5, 0.6) is 0 Å². The van der Waals surface area contributed by atoms with Crippen molar-refractivity contribution in [3.05, 3.63) is 93.2 Å². The van der Waals surface area contributed by atoms with Crippen molar-refractivity contribution in [1.29, 1.82) is 0 Å². The molecule has 0 atom stereocenters. The van der Waals surface area contributed by atoms with Gasteiger partial charge in [0.1, 0.15) is 0 Å². The van der Waals surface area contributed by atoms with E-state index in [4.69, 9.17) is 0 Å². The Balaban J connectivity index is 1.21. The predicted octanol–water partition coefficient (Wildman–Crippen LogP) is 10.9. The lowest BCUT2D eigenvalue weighted by molar-refractivity contribution is -0.137. The fourth-order valence-electron chi connectivity index (χ4n) is 5.67. The Kier molecular flexibility index (Phi) is 10.6. The first-order valence-corrected chi connectivity index (χ1v) is 21.0. The highest BCUT2D eigenvalue weighted by molar-refractivity contribution is 7.31. The number of halogens is 2. The quantitative estimate of drug-likeness (QED) is 0.0845. The van der Waals surface area contributed by atoms with Crippen LogP contribution in [-0.4, -0.2) is 44.3 Å². The molecule has 270 valence electrons. The van der Waals surface area contributed by atoms with Gasteiger partial charge in [-0.3, -0.25) is 19.2 Å². The molecule has 53 heavy (non-hydrogen) atoms. The Bertz CT molecular complexity index is 2370. The van der Waals surface area contributed by atoms with E-state index in [0.717, 1.165) is 61.7 Å². The molecule has 0 aliphatic heterocycles. The Morgan fingerprint density at radius 2 is 0.642 bits per heavy atom. The highest BCUT2D eigenvalue weighted by atomic mass is 32.1. The molecule has 0 amide bonds. The van der Waals surface area contributed by atoms with Crippen LogP contribution >= 0.6 is 79.4 Å². The van der Waals surface area contributed by atoms with Gasteiger partial charge in [0.25, 0.3) is 0 Å². The van der Waals surface area contributed by atoms with Crippen LogP contribution in [-0.2, 0) is 44.9 Å². The van der Waals surface area contributed by atoms with Gasteiger partial charge in [-0.2, -0.15) is 8.78 Å². The number of hydrogen-bond donors (Lipinski definition) is 4. The Labute approximate surface area is 326 Å². The molecule has 8 nitrogen and oxygen atoms in total. The highest BCUT2D eigenvalue weighted by Gasteiger charge is 2.23. The number of carboxylic acid groups (broad SMARTS) is 4. The van der Waals surface area contributed by atoms with E-state index in [0.29, 0.717) is 41.8 Å². The van der Waals surface area contributed by atoms with Gasteiger partial charge in [-0.05, 0) is 82.9 Å². The fourth-order valence-corrected chi connectivity index (χ4v) is 13.6. The van der Waals surface area contributed by atoms with E-state index in [2.05, 4.69) is 0 Å². The summed E-state index contributed by atoms with van der Waals surface area (Å²) in [6.07, 6.45) is -1.08. The first kappa shape index (κ1) is 37.0. The average molecular weight is 845 g/mol. The third kappa shape index (κ3) is 8.11. The molecule has 7 aromatic rings. The molecule has 0 fully saturated rings. The summed E-state index contributed by atoms with van der Waals surface area (Å²) in [7, 11) is 0. The van der Waals surface area contributed by atoms with Crippen LogP contribution < -0.4 is 0 Å². The maximum atomic E-state index is 14.2. The molecule has 0 aliphatic carbocycles. The van der Waals surface area contributed by atoms with Crippen LogP contribution in [0.2, 0.25) is 0 Å². The lowest BCUT2D eigenvalue weighted by Crippen LogP contribution is -1.99. The molecule has 7 rings (SSSR count). The van der Waals surface area contributed by atoms with Crippen molar-refractivity contribution in [3.8, 4) is 58.5 Å². The van der Waals surface area contributed by atoms with Crippen LogP contribution in [0.25, 0.3) is 58.5 Å². The van der Waals surface area contributed by atoms with E-state index in [1.54, 1.807) is 12.1 Å². The zero-order chi connectivity index (χ0) is 37.6. The third-order valence-electron chi connectivity index (χ3n) is 7.74. The summed E-state index contributed by atoms with van der Waals surface area (Å²) >= 11 is 8.75. The molecule has 7 aromatic heterocycles. The normalized spacial score (nSPS) is 11.4. The highest BCUT2D eigenvalue weighted by Crippen LogP contribution is 2.49. The van der Waals surface area contributed by atoms with E-state index in [1.165, 1.54) is 68.8 Å². The van der Waals surface area contributed by atoms with Crippen molar-refractivity contribution in [2.45, 2.75) is 25.7 Å². The lowest BCUT2D eigenvalue weighted by Gasteiger charge is -1.99. The smallest absolute Gasteiger partial charge is 0.307 e. The van der Waals surface area contributed by atoms with Gasteiger partial charge >= 0.3 is 23.9 Å². The van der Waals surface area contributed by atoms with Gasteiger partial charge in [0.2, 0.25) is 0 Å². The molecule has 0 saturated carbocycles. The second-order valence-electron chi connectivity index (χ2n) is 11.5. The van der Waals surface area contributed by atoms with Gasteiger partial charge in [-0.25, -0.2) is 0 Å². The van der Waals surface area contributed by atoms with E-state index < -0.39 is 34.1 Å². The minimum Gasteiger partial charge on any atom is -0.481 e. The molecule has 0 spiro atoms.